The summed E-state index contributed by atoms with van der Waals surface area (Å²) in [5.41, 5.74) is 7.70. The molecule has 0 aliphatic carbocycles. The van der Waals surface area contributed by atoms with Crippen LogP contribution in [0.3, 0.4) is 0 Å². The van der Waals surface area contributed by atoms with E-state index in [9.17, 15) is 28.4 Å². The first-order valence-corrected chi connectivity index (χ1v) is 23.0. The van der Waals surface area contributed by atoms with Crippen LogP contribution in [-0.2, 0) is 38.7 Å². The highest BCUT2D eigenvalue weighted by Crippen LogP contribution is 2.48. The minimum absolute atomic E-state index is 0.0524. The molecule has 21 heteroatoms. The molecule has 2 amide bonds. The van der Waals surface area contributed by atoms with E-state index in [0.717, 1.165) is 62.5 Å². The number of ketones is 1. The Bertz CT molecular complexity index is 2040. The summed E-state index contributed by atoms with van der Waals surface area (Å²) < 4.78 is 52.7. The van der Waals surface area contributed by atoms with Gasteiger partial charge < -0.3 is 39.3 Å². The monoisotopic (exact) mass is 905 g/mol. The van der Waals surface area contributed by atoms with Gasteiger partial charge in [-0.2, -0.15) is 23.5 Å². The van der Waals surface area contributed by atoms with Gasteiger partial charge in [0.1, 0.15) is 66.4 Å². The summed E-state index contributed by atoms with van der Waals surface area (Å²) in [7, 11) is 0. The van der Waals surface area contributed by atoms with Gasteiger partial charge in [-0.15, -0.1) is 0 Å². The van der Waals surface area contributed by atoms with Crippen molar-refractivity contribution >= 4 is 76.2 Å². The second-order valence-electron chi connectivity index (χ2n) is 16.2. The lowest BCUT2D eigenvalue weighted by Crippen LogP contribution is -2.47. The molecule has 8 aliphatic heterocycles. The number of rotatable bonds is 8. The van der Waals surface area contributed by atoms with Crippen molar-refractivity contribution in [1.29, 1.82) is 0 Å². The van der Waals surface area contributed by atoms with Gasteiger partial charge >= 0.3 is 24.1 Å². The van der Waals surface area contributed by atoms with Gasteiger partial charge in [-0.1, -0.05) is 0 Å². The maximum atomic E-state index is 15.1. The average molecular weight is 906 g/mol. The smallest absolute Gasteiger partial charge is 0.415 e. The van der Waals surface area contributed by atoms with E-state index >= 15 is 4.39 Å². The maximum absolute atomic E-state index is 15.1. The summed E-state index contributed by atoms with van der Waals surface area (Å²) in [6.45, 7) is 4.57. The topological polar surface area (TPSA) is 189 Å². The summed E-state index contributed by atoms with van der Waals surface area (Å²) in [5.74, 6) is 3.22. The zero-order valence-corrected chi connectivity index (χ0v) is 36.1. The number of thioether (sulfide) groups is 2. The van der Waals surface area contributed by atoms with Crippen molar-refractivity contribution in [1.82, 2.24) is 0 Å². The number of Topliss-reactive ketones (excluding diaryl/α,β-unsaturated/α-hetero) is 1. The van der Waals surface area contributed by atoms with E-state index in [1.807, 2.05) is 23.5 Å². The summed E-state index contributed by atoms with van der Waals surface area (Å²) in [6.07, 6.45) is 3.38. The average Bonchev–Trinajstić information content (AvgIpc) is 3.90. The molecule has 2 aromatic carbocycles. The molecule has 8 aliphatic rings. The summed E-state index contributed by atoms with van der Waals surface area (Å²) >= 11 is 3.88. The van der Waals surface area contributed by atoms with Crippen molar-refractivity contribution in [2.45, 2.75) is 108 Å². The third-order valence-corrected chi connectivity index (χ3v) is 14.6. The fourth-order valence-corrected chi connectivity index (χ4v) is 12.1. The molecule has 10 rings (SSSR count). The molecule has 4 bridgehead atoms. The normalized spacial score (nSPS) is 28.3. The highest BCUT2D eigenvalue weighted by Gasteiger charge is 2.49. The first-order valence-electron chi connectivity index (χ1n) is 20.7. The quantitative estimate of drug-likeness (QED) is 0.266. The largest absolute Gasteiger partial charge is 0.489 e. The molecule has 17 nitrogen and oxygen atoms in total. The number of fused-ring (bicyclic) bond motifs is 10. The van der Waals surface area contributed by atoms with Gasteiger partial charge in [-0.05, 0) is 39.0 Å². The van der Waals surface area contributed by atoms with Crippen molar-refractivity contribution in [3.8, 4) is 11.5 Å². The number of hydrogen-bond donors (Lipinski definition) is 1. The van der Waals surface area contributed by atoms with Crippen molar-refractivity contribution in [3.63, 3.8) is 0 Å². The molecule has 0 spiro atoms. The number of nitrogens with zero attached hydrogens (tertiary/aromatic N) is 4. The Balaban J connectivity index is 0.000000144. The third-order valence-electron chi connectivity index (χ3n) is 12.2. The number of ether oxygens (including phenoxy) is 4. The second-order valence-corrected chi connectivity index (χ2v) is 18.4. The Morgan fingerprint density at radius 1 is 0.677 bits per heavy atom. The molecule has 62 heavy (non-hydrogen) atoms. The second kappa shape index (κ2) is 18.5. The first-order chi connectivity index (χ1) is 29.8. The summed E-state index contributed by atoms with van der Waals surface area (Å²) in [4.78, 5) is 70.7. The molecule has 6 saturated heterocycles. The van der Waals surface area contributed by atoms with Crippen LogP contribution in [0.2, 0.25) is 0 Å². The SMILES string of the molecule is CC(=O)CC[C@@H]1OC(=O)N2c3cc(F)c(N4C5CCC4CSC5)cc3OC[C@@H]12.CC(=O)OOOC(C)=O.NC[C@@H]1OC(=O)N2c3cc(F)c(N4C5CCC4CSC5)cc3OC[C@@H]12. The molecule has 0 saturated carbocycles. The van der Waals surface area contributed by atoms with Gasteiger partial charge in [0.15, 0.2) is 0 Å². The van der Waals surface area contributed by atoms with Gasteiger partial charge in [-0.3, -0.25) is 19.6 Å². The van der Waals surface area contributed by atoms with Crippen molar-refractivity contribution < 1.29 is 66.5 Å². The van der Waals surface area contributed by atoms with Gasteiger partial charge in [0.25, 0.3) is 0 Å². The highest BCUT2D eigenvalue weighted by molar-refractivity contribution is 7.99. The fraction of sp³-hybridized carbons (Fsp3) is 0.585. The number of cyclic esters (lactones) is 2. The number of carbonyl (C=O) groups excluding carboxylic acids is 5. The molecular formula is C41H49F2N5O12S2. The van der Waals surface area contributed by atoms with Crippen molar-refractivity contribution in [2.75, 3.05) is 62.4 Å². The standard InChI is InChI=1S/C20H23FN2O4S.C17H20FN3O3S.C4H6O5/c1-11(24)2-5-18-17-8-26-19-7-15(22-12-3-4-13(22)10-28-9-12)14(21)6-16(19)23(17)20(25)27-18;18-11-3-13-15(23-6-14-16(5-19)24-17(22)21(13)14)4-12(11)20-9-1-2-10(20)8-25-7-9;1-3(5)7-9-8-4(2)6/h6-7,12-13,17-18H,2-5,8-10H2,1H3;3-4,9-10,14,16H,1-2,5-8,19H2;1-2H3/t12?,13?,17-,18-;9?,10?,14-,16-;/m00./s1. The van der Waals surface area contributed by atoms with Crippen LogP contribution in [-0.4, -0.2) is 121 Å². The van der Waals surface area contributed by atoms with E-state index in [1.54, 1.807) is 12.1 Å². The van der Waals surface area contributed by atoms with Gasteiger partial charge in [0, 0.05) is 103 Å². The van der Waals surface area contributed by atoms with Crippen LogP contribution in [0.15, 0.2) is 24.3 Å². The van der Waals surface area contributed by atoms with Crippen molar-refractivity contribution in [2.24, 2.45) is 5.73 Å². The zero-order chi connectivity index (χ0) is 43.8. The predicted octanol–water partition coefficient (Wildman–Crippen LogP) is 5.28. The molecule has 2 N–H and O–H groups in total. The number of carbonyl (C=O) groups is 5. The summed E-state index contributed by atoms with van der Waals surface area (Å²) in [5, 5.41) is 3.66. The van der Waals surface area contributed by atoms with Crippen LogP contribution in [0, 0.1) is 11.6 Å². The Morgan fingerprint density at radius 3 is 1.50 bits per heavy atom. The van der Waals surface area contributed by atoms with Crippen LogP contribution in [0.1, 0.15) is 59.3 Å². The molecule has 6 fully saturated rings. The van der Waals surface area contributed by atoms with E-state index in [1.165, 1.54) is 28.9 Å². The first kappa shape index (κ1) is 43.9. The lowest BCUT2D eigenvalue weighted by atomic mass is 10.0. The van der Waals surface area contributed by atoms with Gasteiger partial charge in [-0.25, -0.2) is 28.0 Å². The zero-order valence-electron chi connectivity index (χ0n) is 34.5. The van der Waals surface area contributed by atoms with E-state index in [4.69, 9.17) is 24.7 Å². The number of anilines is 4. The molecule has 0 aromatic heterocycles. The van der Waals surface area contributed by atoms with Crippen LogP contribution in [0.4, 0.5) is 41.1 Å². The molecule has 336 valence electrons. The minimum atomic E-state index is -0.684. The predicted molar refractivity (Wildman–Crippen MR) is 224 cm³/mol. The van der Waals surface area contributed by atoms with Crippen molar-refractivity contribution in [3.05, 3.63) is 35.9 Å². The number of benzene rings is 2. The Morgan fingerprint density at radius 2 is 1.10 bits per heavy atom. The van der Waals surface area contributed by atoms with E-state index < -0.39 is 36.3 Å². The summed E-state index contributed by atoms with van der Waals surface area (Å²) in [6, 6.07) is 7.19. The molecule has 0 radical (unpaired) electrons. The Kier molecular flexibility index (Phi) is 13.1. The third kappa shape index (κ3) is 8.77. The van der Waals surface area contributed by atoms with Gasteiger partial charge in [0.2, 0.25) is 0 Å². The molecular weight excluding hydrogens is 857 g/mol. The van der Waals surface area contributed by atoms with Crippen LogP contribution >= 0.6 is 23.5 Å². The lowest BCUT2D eigenvalue weighted by molar-refractivity contribution is -0.458. The number of hydrogen-bond acceptors (Lipinski definition) is 17. The highest BCUT2D eigenvalue weighted by atomic mass is 32.2. The molecule has 8 heterocycles. The van der Waals surface area contributed by atoms with E-state index in [-0.39, 0.29) is 42.7 Å². The Hall–Kier alpha value is -4.73. The van der Waals surface area contributed by atoms with Crippen LogP contribution in [0.5, 0.6) is 11.5 Å². The number of halogens is 2. The minimum Gasteiger partial charge on any atom is -0.489 e. The molecule has 8 atom stereocenters. The molecule has 2 aromatic rings. The lowest BCUT2D eigenvalue weighted by Gasteiger charge is -2.38. The number of amides is 2. The van der Waals surface area contributed by atoms with E-state index in [0.29, 0.717) is 77.9 Å². The molecule has 4 unspecified atom stereocenters. The van der Waals surface area contributed by atoms with Crippen LogP contribution < -0.4 is 34.8 Å². The van der Waals surface area contributed by atoms with Gasteiger partial charge in [0.05, 0.1) is 22.7 Å². The Labute approximate surface area is 364 Å². The maximum Gasteiger partial charge on any atom is 0.415 e. The fourth-order valence-electron chi connectivity index (χ4n) is 9.43. The van der Waals surface area contributed by atoms with Crippen LogP contribution in [0.25, 0.3) is 0 Å². The van der Waals surface area contributed by atoms with E-state index in [2.05, 4.69) is 24.6 Å². The number of nitrogens with two attached hydrogens (primary N) is 1.